The van der Waals surface area contributed by atoms with Crippen molar-refractivity contribution in [2.75, 3.05) is 6.54 Å². The molecule has 1 aliphatic heterocycles. The molecule has 1 N–H and O–H groups in total. The van der Waals surface area contributed by atoms with Gasteiger partial charge in [-0.25, -0.2) is 4.68 Å². The quantitative estimate of drug-likeness (QED) is 0.841. The molecule has 1 saturated heterocycles. The highest BCUT2D eigenvalue weighted by Crippen LogP contribution is 2.59. The average molecular weight is 371 g/mol. The van der Waals surface area contributed by atoms with E-state index < -0.39 is 0 Å². The van der Waals surface area contributed by atoms with Crippen LogP contribution in [0.4, 0.5) is 0 Å². The lowest BCUT2D eigenvalue weighted by molar-refractivity contribution is -0.121. The number of fused-ring (bicyclic) bond motifs is 1. The van der Waals surface area contributed by atoms with Crippen molar-refractivity contribution in [3.63, 3.8) is 0 Å². The number of carbonyl (C=O) groups is 1. The van der Waals surface area contributed by atoms with E-state index in [2.05, 4.69) is 35.6 Å². The molecule has 4 rings (SSSR count). The number of amides is 1. The molecule has 1 amide bonds. The SMILES string of the molecule is CCC1CCC2(C)C(n3ccnn3)=CCC2C1CCC1CCCNC(=O)C1. The molecule has 0 aromatic carbocycles. The van der Waals surface area contributed by atoms with Crippen molar-refractivity contribution in [1.82, 2.24) is 20.3 Å². The number of aromatic nitrogens is 3. The summed E-state index contributed by atoms with van der Waals surface area (Å²) < 4.78 is 2.00. The van der Waals surface area contributed by atoms with Gasteiger partial charge in [0.25, 0.3) is 0 Å². The maximum absolute atomic E-state index is 11.9. The Bertz CT molecular complexity index is 682. The number of carbonyl (C=O) groups excluding carboxylic acids is 1. The largest absolute Gasteiger partial charge is 0.356 e. The second-order valence-corrected chi connectivity index (χ2v) is 9.21. The second kappa shape index (κ2) is 7.76. The Kier molecular flexibility index (Phi) is 5.38. The van der Waals surface area contributed by atoms with Crippen molar-refractivity contribution < 1.29 is 4.79 Å². The first-order valence-electron chi connectivity index (χ1n) is 11.0. The zero-order valence-corrected chi connectivity index (χ0v) is 16.9. The summed E-state index contributed by atoms with van der Waals surface area (Å²) in [6.45, 7) is 5.68. The minimum Gasteiger partial charge on any atom is -0.356 e. The van der Waals surface area contributed by atoms with E-state index in [9.17, 15) is 4.79 Å². The molecule has 1 aromatic rings. The molecule has 5 heteroatoms. The van der Waals surface area contributed by atoms with Crippen molar-refractivity contribution in [3.8, 4) is 0 Å². The van der Waals surface area contributed by atoms with Crippen LogP contribution in [0.25, 0.3) is 5.70 Å². The molecule has 0 spiro atoms. The first kappa shape index (κ1) is 18.7. The van der Waals surface area contributed by atoms with Crippen LogP contribution in [0, 0.1) is 29.1 Å². The first-order valence-corrected chi connectivity index (χ1v) is 11.0. The Labute approximate surface area is 163 Å². The molecule has 0 bridgehead atoms. The van der Waals surface area contributed by atoms with E-state index in [1.165, 1.54) is 44.2 Å². The van der Waals surface area contributed by atoms with Gasteiger partial charge in [-0.3, -0.25) is 4.79 Å². The van der Waals surface area contributed by atoms with Crippen molar-refractivity contribution >= 4 is 11.6 Å². The van der Waals surface area contributed by atoms with E-state index in [0.29, 0.717) is 11.8 Å². The van der Waals surface area contributed by atoms with Crippen molar-refractivity contribution in [2.24, 2.45) is 29.1 Å². The topological polar surface area (TPSA) is 59.8 Å². The lowest BCUT2D eigenvalue weighted by Crippen LogP contribution is -2.40. The molecule has 27 heavy (non-hydrogen) atoms. The molecular weight excluding hydrogens is 336 g/mol. The Hall–Kier alpha value is -1.65. The van der Waals surface area contributed by atoms with Gasteiger partial charge in [-0.15, -0.1) is 5.10 Å². The summed E-state index contributed by atoms with van der Waals surface area (Å²) in [4.78, 5) is 11.9. The van der Waals surface area contributed by atoms with E-state index in [1.807, 2.05) is 10.9 Å². The van der Waals surface area contributed by atoms with E-state index in [4.69, 9.17) is 0 Å². The Morgan fingerprint density at radius 3 is 3.00 bits per heavy atom. The summed E-state index contributed by atoms with van der Waals surface area (Å²) >= 11 is 0. The van der Waals surface area contributed by atoms with Gasteiger partial charge in [-0.05, 0) is 68.6 Å². The smallest absolute Gasteiger partial charge is 0.220 e. The molecule has 5 atom stereocenters. The van der Waals surface area contributed by atoms with E-state index >= 15 is 0 Å². The zero-order chi connectivity index (χ0) is 18.9. The van der Waals surface area contributed by atoms with Crippen LogP contribution in [0.3, 0.4) is 0 Å². The van der Waals surface area contributed by atoms with Crippen LogP contribution in [0.15, 0.2) is 18.5 Å². The summed E-state index contributed by atoms with van der Waals surface area (Å²) in [5, 5.41) is 11.4. The highest BCUT2D eigenvalue weighted by molar-refractivity contribution is 5.76. The molecule has 2 fully saturated rings. The van der Waals surface area contributed by atoms with Gasteiger partial charge in [0, 0.05) is 24.1 Å². The van der Waals surface area contributed by atoms with Crippen molar-refractivity contribution in [2.45, 2.75) is 71.6 Å². The van der Waals surface area contributed by atoms with Gasteiger partial charge in [0.1, 0.15) is 0 Å². The molecule has 1 saturated carbocycles. The van der Waals surface area contributed by atoms with Crippen LogP contribution in [0.2, 0.25) is 0 Å². The normalized spacial score (nSPS) is 36.7. The van der Waals surface area contributed by atoms with Crippen LogP contribution in [0.5, 0.6) is 0 Å². The molecular formula is C22H34N4O. The van der Waals surface area contributed by atoms with Crippen molar-refractivity contribution in [1.29, 1.82) is 0 Å². The summed E-state index contributed by atoms with van der Waals surface area (Å²) in [6.07, 6.45) is 16.7. The highest BCUT2D eigenvalue weighted by atomic mass is 16.1. The lowest BCUT2D eigenvalue weighted by atomic mass is 9.57. The molecule has 2 aliphatic carbocycles. The van der Waals surface area contributed by atoms with E-state index in [-0.39, 0.29) is 11.3 Å². The maximum Gasteiger partial charge on any atom is 0.220 e. The Balaban J connectivity index is 1.48. The number of nitrogens with one attached hydrogen (secondary N) is 1. The van der Waals surface area contributed by atoms with Crippen LogP contribution < -0.4 is 5.32 Å². The molecule has 3 aliphatic rings. The lowest BCUT2D eigenvalue weighted by Gasteiger charge is -2.48. The highest BCUT2D eigenvalue weighted by Gasteiger charge is 2.50. The third-order valence-electron chi connectivity index (χ3n) is 7.81. The molecule has 148 valence electrons. The number of nitrogens with zero attached hydrogens (tertiary/aromatic N) is 3. The minimum atomic E-state index is 0.213. The minimum absolute atomic E-state index is 0.213. The van der Waals surface area contributed by atoms with Gasteiger partial charge < -0.3 is 5.32 Å². The number of hydrogen-bond acceptors (Lipinski definition) is 3. The summed E-state index contributed by atoms with van der Waals surface area (Å²) in [5.41, 5.74) is 1.57. The fourth-order valence-electron chi connectivity index (χ4n) is 6.28. The fraction of sp³-hybridized carbons (Fsp3) is 0.773. The van der Waals surface area contributed by atoms with Crippen LogP contribution in [-0.4, -0.2) is 27.4 Å². The number of hydrogen-bond donors (Lipinski definition) is 1. The summed E-state index contributed by atoms with van der Waals surface area (Å²) in [7, 11) is 0. The molecule has 0 radical (unpaired) electrons. The van der Waals surface area contributed by atoms with Gasteiger partial charge >= 0.3 is 0 Å². The van der Waals surface area contributed by atoms with Gasteiger partial charge in [-0.1, -0.05) is 31.6 Å². The zero-order valence-electron chi connectivity index (χ0n) is 16.9. The standard InChI is InChI=1S/C22H34N4O/c1-3-17-10-11-22(2)19(8-9-20(22)26-14-13-24-25-26)18(17)7-6-16-5-4-12-23-21(27)15-16/h9,13-14,16-19H,3-8,10-12,15H2,1-2H3,(H,23,27). The monoisotopic (exact) mass is 370 g/mol. The average Bonchev–Trinajstić information content (AvgIpc) is 3.24. The van der Waals surface area contributed by atoms with E-state index in [1.54, 1.807) is 6.20 Å². The third kappa shape index (κ3) is 3.57. The van der Waals surface area contributed by atoms with Crippen LogP contribution in [-0.2, 0) is 4.79 Å². The Morgan fingerprint density at radius 1 is 1.33 bits per heavy atom. The fourth-order valence-corrected chi connectivity index (χ4v) is 6.28. The first-order chi connectivity index (χ1) is 13.1. The summed E-state index contributed by atoms with van der Waals surface area (Å²) in [6, 6.07) is 0. The van der Waals surface area contributed by atoms with Crippen molar-refractivity contribution in [3.05, 3.63) is 18.5 Å². The second-order valence-electron chi connectivity index (χ2n) is 9.21. The van der Waals surface area contributed by atoms with Gasteiger partial charge in [-0.2, -0.15) is 0 Å². The van der Waals surface area contributed by atoms with E-state index in [0.717, 1.165) is 37.6 Å². The molecule has 5 nitrogen and oxygen atoms in total. The van der Waals surface area contributed by atoms with Gasteiger partial charge in [0.2, 0.25) is 5.91 Å². The van der Waals surface area contributed by atoms with Gasteiger partial charge in [0.05, 0.1) is 12.4 Å². The predicted molar refractivity (Wildman–Crippen MR) is 107 cm³/mol. The molecule has 2 heterocycles. The van der Waals surface area contributed by atoms with Gasteiger partial charge in [0.15, 0.2) is 0 Å². The maximum atomic E-state index is 11.9. The van der Waals surface area contributed by atoms with Crippen LogP contribution in [0.1, 0.15) is 71.6 Å². The number of allylic oxidation sites excluding steroid dienone is 2. The number of rotatable bonds is 5. The summed E-state index contributed by atoms with van der Waals surface area (Å²) in [5.74, 6) is 3.12. The third-order valence-corrected chi connectivity index (χ3v) is 7.81. The Morgan fingerprint density at radius 2 is 2.22 bits per heavy atom. The molecule has 5 unspecified atom stereocenters. The molecule has 1 aromatic heterocycles. The van der Waals surface area contributed by atoms with Crippen LogP contribution >= 0.6 is 0 Å². The predicted octanol–water partition coefficient (Wildman–Crippen LogP) is 4.28.